The molecule has 0 bridgehead atoms. The standard InChI is InChI=1S/C12H26O5Si.C12H24O4Si.C9H20O5Si.C8H18O5Si/c1-4-15-18(16-5-2,17-6-3)9-7-8-13-10-12-11-14-12;1-13-17(14-2,15-3)8-4-5-10-6-7-11-12(9-10)16-11;1-10-15(11-2,12-3)6-4-5-13-7-9-8-14-9;1-9-14(10-2,11-3)5-4-12-6-8-7-13-8/h12H,4-11H2,1-3H3;10-12H,4-9H2,1-3H3;9H,4-8H2,1-3H3;8H,4-7H2,1-3H3. The molecule has 5 fully saturated rings. The summed E-state index contributed by atoms with van der Waals surface area (Å²) in [6, 6.07) is 3.18. The van der Waals surface area contributed by atoms with Gasteiger partial charge in [-0.25, -0.2) is 0 Å². The van der Waals surface area contributed by atoms with Gasteiger partial charge in [0.2, 0.25) is 0 Å². The van der Waals surface area contributed by atoms with Crippen molar-refractivity contribution in [2.75, 3.05) is 143 Å². The molecule has 4 heterocycles. The van der Waals surface area contributed by atoms with E-state index >= 15 is 0 Å². The largest absolute Gasteiger partial charge is 0.502 e. The smallest absolute Gasteiger partial charge is 0.379 e. The summed E-state index contributed by atoms with van der Waals surface area (Å²) in [6.45, 7) is 14.4. The minimum Gasteiger partial charge on any atom is -0.379 e. The monoisotopic (exact) mass is 996 g/mol. The van der Waals surface area contributed by atoms with Crippen LogP contribution in [0, 0.1) is 5.92 Å². The van der Waals surface area contributed by atoms with E-state index in [-0.39, 0.29) is 0 Å². The lowest BCUT2D eigenvalue weighted by Crippen LogP contribution is -2.46. The van der Waals surface area contributed by atoms with Crippen LogP contribution in [0.5, 0.6) is 0 Å². The fourth-order valence-electron chi connectivity index (χ4n) is 7.14. The van der Waals surface area contributed by atoms with Crippen molar-refractivity contribution in [3.05, 3.63) is 0 Å². The fourth-order valence-corrected chi connectivity index (χ4v) is 14.7. The first-order valence-corrected chi connectivity index (χ1v) is 30.9. The molecule has 0 radical (unpaired) electrons. The van der Waals surface area contributed by atoms with E-state index in [1.165, 1.54) is 25.7 Å². The van der Waals surface area contributed by atoms with Crippen LogP contribution in [0.4, 0.5) is 0 Å². The Kier molecular flexibility index (Phi) is 32.4. The lowest BCUT2D eigenvalue weighted by atomic mass is 9.86. The van der Waals surface area contributed by atoms with Gasteiger partial charge in [-0.1, -0.05) is 6.42 Å². The van der Waals surface area contributed by atoms with Crippen LogP contribution in [0.2, 0.25) is 24.2 Å². The first-order chi connectivity index (χ1) is 31.0. The number of epoxide rings is 4. The van der Waals surface area contributed by atoms with Crippen LogP contribution < -0.4 is 0 Å². The van der Waals surface area contributed by atoms with Crippen LogP contribution in [0.1, 0.15) is 65.7 Å². The quantitative estimate of drug-likeness (QED) is 0.0463. The van der Waals surface area contributed by atoms with Gasteiger partial charge in [-0.2, -0.15) is 0 Å². The second-order valence-corrected chi connectivity index (χ2v) is 27.7. The number of rotatable bonds is 36. The fraction of sp³-hybridized carbons (Fsp3) is 1.00. The minimum atomic E-state index is -2.47. The maximum absolute atomic E-state index is 5.76. The molecule has 23 heteroatoms. The van der Waals surface area contributed by atoms with Crippen LogP contribution >= 0.6 is 0 Å². The van der Waals surface area contributed by atoms with Gasteiger partial charge in [0.15, 0.2) is 0 Å². The van der Waals surface area contributed by atoms with Crippen LogP contribution in [0.3, 0.4) is 0 Å². The molecular formula is C41H88O19Si4. The summed E-state index contributed by atoms with van der Waals surface area (Å²) in [5, 5.41) is 0. The molecule has 19 nitrogen and oxygen atoms in total. The Hall–Kier alpha value is 0.108. The third kappa shape index (κ3) is 25.1. The SMILES string of the molecule is CCO[Si](CCCOCC1CO1)(OCC)OCC.CO[Si](CCCC1CCC2OC2C1)(OC)OC.CO[Si](CCCOCC1CO1)(OC)OC.CO[Si](CCOCC1CO1)(OC)OC. The van der Waals surface area contributed by atoms with E-state index in [4.69, 9.17) is 86.3 Å². The van der Waals surface area contributed by atoms with Crippen LogP contribution in [-0.2, 0) is 86.3 Å². The van der Waals surface area contributed by atoms with E-state index in [2.05, 4.69) is 0 Å². The molecule has 6 unspecified atom stereocenters. The molecule has 6 atom stereocenters. The van der Waals surface area contributed by atoms with Gasteiger partial charge in [0.05, 0.1) is 58.5 Å². The number of hydrogen-bond donors (Lipinski definition) is 0. The van der Waals surface area contributed by atoms with Crippen molar-refractivity contribution in [2.45, 2.75) is 120 Å². The summed E-state index contributed by atoms with van der Waals surface area (Å²) in [5.41, 5.74) is 0. The second kappa shape index (κ2) is 34.4. The lowest BCUT2D eigenvalue weighted by molar-refractivity contribution is 0.0648. The molecule has 0 aromatic heterocycles. The van der Waals surface area contributed by atoms with Gasteiger partial charge in [-0.05, 0) is 65.2 Å². The Morgan fingerprint density at radius 1 is 0.422 bits per heavy atom. The van der Waals surface area contributed by atoms with Crippen molar-refractivity contribution in [1.29, 1.82) is 0 Å². The average Bonchev–Trinajstić information content (AvgIpc) is 4.10. The van der Waals surface area contributed by atoms with Gasteiger partial charge in [0, 0.05) is 121 Å². The molecule has 382 valence electrons. The Bertz CT molecular complexity index is 1080. The maximum atomic E-state index is 5.76. The first kappa shape index (κ1) is 60.2. The Morgan fingerprint density at radius 2 is 0.781 bits per heavy atom. The predicted octanol–water partition coefficient (Wildman–Crippen LogP) is 5.00. The zero-order valence-electron chi connectivity index (χ0n) is 41.5. The molecule has 1 aliphatic carbocycles. The average molecular weight is 997 g/mol. The van der Waals surface area contributed by atoms with Gasteiger partial charge in [0.25, 0.3) is 0 Å². The van der Waals surface area contributed by atoms with Crippen LogP contribution in [0.15, 0.2) is 0 Å². The Morgan fingerprint density at radius 3 is 1.14 bits per heavy atom. The zero-order valence-corrected chi connectivity index (χ0v) is 45.5. The normalized spacial score (nSPS) is 23.4. The minimum absolute atomic E-state index is 0.304. The molecule has 5 aliphatic rings. The highest BCUT2D eigenvalue weighted by Crippen LogP contribution is 2.41. The van der Waals surface area contributed by atoms with Crippen molar-refractivity contribution in [2.24, 2.45) is 5.92 Å². The summed E-state index contributed by atoms with van der Waals surface area (Å²) in [7, 11) is 5.09. The molecule has 1 saturated carbocycles. The maximum Gasteiger partial charge on any atom is 0.502 e. The molecule has 0 spiro atoms. The molecule has 5 rings (SSSR count). The zero-order chi connectivity index (χ0) is 47.2. The highest BCUT2D eigenvalue weighted by atomic mass is 28.4. The third-order valence-corrected chi connectivity index (χ3v) is 22.8. The molecule has 0 N–H and O–H groups in total. The van der Waals surface area contributed by atoms with E-state index in [1.54, 1.807) is 64.0 Å². The predicted molar refractivity (Wildman–Crippen MR) is 246 cm³/mol. The highest BCUT2D eigenvalue weighted by molar-refractivity contribution is 6.61. The van der Waals surface area contributed by atoms with Gasteiger partial charge >= 0.3 is 35.2 Å². The second-order valence-electron chi connectivity index (χ2n) is 15.7. The van der Waals surface area contributed by atoms with Gasteiger partial charge in [-0.15, -0.1) is 0 Å². The van der Waals surface area contributed by atoms with E-state index in [0.29, 0.717) is 96.0 Å². The van der Waals surface area contributed by atoms with Gasteiger partial charge in [-0.3, -0.25) is 0 Å². The number of fused-ring (bicyclic) bond motifs is 1. The highest BCUT2D eigenvalue weighted by Gasteiger charge is 2.45. The van der Waals surface area contributed by atoms with Crippen molar-refractivity contribution < 1.29 is 86.3 Å². The molecule has 64 heavy (non-hydrogen) atoms. The Labute approximate surface area is 389 Å². The van der Waals surface area contributed by atoms with Gasteiger partial charge < -0.3 is 86.3 Å². The Balaban J connectivity index is 0.000000295. The van der Waals surface area contributed by atoms with E-state index in [9.17, 15) is 0 Å². The van der Waals surface area contributed by atoms with Crippen molar-refractivity contribution >= 4 is 35.2 Å². The van der Waals surface area contributed by atoms with E-state index < -0.39 is 35.2 Å². The van der Waals surface area contributed by atoms with Crippen LogP contribution in [-0.4, -0.2) is 209 Å². The summed E-state index contributed by atoms with van der Waals surface area (Å²) in [5.74, 6) is 0.830. The summed E-state index contributed by atoms with van der Waals surface area (Å²) in [4.78, 5) is 0. The number of hydrogen-bond acceptors (Lipinski definition) is 19. The molecular weight excluding hydrogens is 909 g/mol. The summed E-state index contributed by atoms with van der Waals surface area (Å²) in [6.07, 6.45) is 10.2. The topological polar surface area (TPSA) is 189 Å². The molecule has 0 aromatic carbocycles. The molecule has 0 amide bonds. The van der Waals surface area contributed by atoms with E-state index in [1.807, 2.05) is 20.8 Å². The van der Waals surface area contributed by atoms with Crippen molar-refractivity contribution in [1.82, 2.24) is 0 Å². The third-order valence-electron chi connectivity index (χ3n) is 11.3. The van der Waals surface area contributed by atoms with Gasteiger partial charge in [0.1, 0.15) is 18.3 Å². The summed E-state index contributed by atoms with van der Waals surface area (Å²) >= 11 is 0. The number of ether oxygens (including phenoxy) is 7. The van der Waals surface area contributed by atoms with Crippen LogP contribution in [0.25, 0.3) is 0 Å². The van der Waals surface area contributed by atoms with Crippen molar-refractivity contribution in [3.8, 4) is 0 Å². The molecule has 0 aromatic rings. The van der Waals surface area contributed by atoms with Crippen molar-refractivity contribution in [3.63, 3.8) is 0 Å². The molecule has 4 saturated heterocycles. The lowest BCUT2D eigenvalue weighted by Gasteiger charge is -2.28. The summed E-state index contributed by atoms with van der Waals surface area (Å²) < 4.78 is 102. The first-order valence-electron chi connectivity index (χ1n) is 23.1. The van der Waals surface area contributed by atoms with E-state index in [0.717, 1.165) is 63.1 Å². The molecule has 4 aliphatic heterocycles.